The molecule has 0 bridgehead atoms. The fraction of sp³-hybridized carbons (Fsp3) is 0.643. The summed E-state index contributed by atoms with van der Waals surface area (Å²) in [4.78, 5) is 8.36. The minimum Gasteiger partial charge on any atom is -0.355 e. The maximum Gasteiger partial charge on any atom is 0.195 e. The molecular weight excluding hydrogens is 256 g/mol. The summed E-state index contributed by atoms with van der Waals surface area (Å²) >= 11 is 1.70. The smallest absolute Gasteiger partial charge is 0.195 e. The number of hydrogen-bond acceptors (Lipinski definition) is 4. The molecule has 4 nitrogen and oxygen atoms in total. The summed E-state index contributed by atoms with van der Waals surface area (Å²) in [5, 5.41) is 2.09. The number of fused-ring (bicyclic) bond motifs is 1. The van der Waals surface area contributed by atoms with Crippen molar-refractivity contribution in [2.75, 3.05) is 18.0 Å². The Morgan fingerprint density at radius 2 is 2.21 bits per heavy atom. The Morgan fingerprint density at radius 1 is 1.47 bits per heavy atom. The van der Waals surface area contributed by atoms with Crippen LogP contribution in [0.4, 0.5) is 5.82 Å². The topological polar surface area (TPSA) is 46.6 Å². The van der Waals surface area contributed by atoms with Gasteiger partial charge in [0.05, 0.1) is 5.69 Å². The summed E-state index contributed by atoms with van der Waals surface area (Å²) in [5.74, 6) is 2.01. The molecule has 5 heteroatoms. The number of nitrogens with zero attached hydrogens (tertiary/aromatic N) is 3. The molecule has 0 amide bonds. The van der Waals surface area contributed by atoms with Crippen molar-refractivity contribution >= 4 is 22.1 Å². The van der Waals surface area contributed by atoms with E-state index in [1.807, 2.05) is 0 Å². The van der Waals surface area contributed by atoms with Gasteiger partial charge in [0.1, 0.15) is 0 Å². The first kappa shape index (κ1) is 12.9. The molecule has 0 spiro atoms. The van der Waals surface area contributed by atoms with Crippen LogP contribution in [-0.4, -0.2) is 28.5 Å². The lowest BCUT2D eigenvalue weighted by Gasteiger charge is -2.31. The zero-order valence-electron chi connectivity index (χ0n) is 11.7. The molecule has 0 saturated carbocycles. The van der Waals surface area contributed by atoms with E-state index in [1.165, 1.54) is 18.5 Å². The first-order chi connectivity index (χ1) is 9.15. The highest BCUT2D eigenvalue weighted by molar-refractivity contribution is 7.15. The third-order valence-electron chi connectivity index (χ3n) is 3.94. The second-order valence-electron chi connectivity index (χ2n) is 5.79. The minimum atomic E-state index is 0.169. The Balaban J connectivity index is 1.95. The molecule has 19 heavy (non-hydrogen) atoms. The minimum absolute atomic E-state index is 0.169. The van der Waals surface area contributed by atoms with Crippen molar-refractivity contribution in [1.29, 1.82) is 0 Å². The van der Waals surface area contributed by atoms with Crippen LogP contribution in [0.3, 0.4) is 0 Å². The van der Waals surface area contributed by atoms with E-state index < -0.39 is 0 Å². The predicted octanol–water partition coefficient (Wildman–Crippen LogP) is 2.52. The Morgan fingerprint density at radius 3 is 2.89 bits per heavy atom. The molecule has 3 heterocycles. The first-order valence-corrected chi connectivity index (χ1v) is 7.98. The third kappa shape index (κ3) is 2.49. The number of aromatic nitrogens is 2. The molecule has 104 valence electrons. The quantitative estimate of drug-likeness (QED) is 0.938. The van der Waals surface area contributed by atoms with Crippen molar-refractivity contribution < 1.29 is 0 Å². The number of piperidine rings is 1. The average molecular weight is 278 g/mol. The fourth-order valence-corrected chi connectivity index (χ4v) is 3.52. The van der Waals surface area contributed by atoms with Crippen LogP contribution in [-0.2, 0) is 6.42 Å². The molecule has 1 aliphatic rings. The fourth-order valence-electron chi connectivity index (χ4n) is 2.79. The lowest BCUT2D eigenvalue weighted by atomic mass is 9.99. The highest BCUT2D eigenvalue weighted by Gasteiger charge is 2.23. The molecule has 1 saturated heterocycles. The molecular formula is C14H22N4S. The number of nitrogens with two attached hydrogens (primary N) is 1. The van der Waals surface area contributed by atoms with Crippen LogP contribution < -0.4 is 10.6 Å². The van der Waals surface area contributed by atoms with E-state index in [-0.39, 0.29) is 6.04 Å². The second kappa shape index (κ2) is 5.13. The van der Waals surface area contributed by atoms with Crippen molar-refractivity contribution in [2.24, 2.45) is 11.7 Å². The van der Waals surface area contributed by atoms with E-state index in [0.29, 0.717) is 0 Å². The monoisotopic (exact) mass is 278 g/mol. The van der Waals surface area contributed by atoms with Gasteiger partial charge in [0.25, 0.3) is 0 Å². The summed E-state index contributed by atoms with van der Waals surface area (Å²) in [6.07, 6.45) is 5.53. The van der Waals surface area contributed by atoms with Gasteiger partial charge < -0.3 is 10.6 Å². The van der Waals surface area contributed by atoms with Crippen molar-refractivity contribution in [3.05, 3.63) is 17.3 Å². The van der Waals surface area contributed by atoms with Gasteiger partial charge in [-0.2, -0.15) is 0 Å². The van der Waals surface area contributed by atoms with E-state index in [9.17, 15) is 0 Å². The van der Waals surface area contributed by atoms with Gasteiger partial charge in [0.15, 0.2) is 10.8 Å². The van der Waals surface area contributed by atoms with Crippen LogP contribution >= 0.6 is 11.3 Å². The van der Waals surface area contributed by atoms with Crippen molar-refractivity contribution in [3.8, 4) is 0 Å². The Labute approximate surface area is 118 Å². The van der Waals surface area contributed by atoms with Crippen LogP contribution in [0, 0.1) is 5.92 Å². The highest BCUT2D eigenvalue weighted by atomic mass is 32.1. The molecule has 3 rings (SSSR count). The molecule has 1 atom stereocenters. The van der Waals surface area contributed by atoms with Crippen LogP contribution in [0.15, 0.2) is 11.6 Å². The number of thiazole rings is 1. The van der Waals surface area contributed by atoms with Gasteiger partial charge in [-0.25, -0.2) is 4.98 Å². The molecule has 1 fully saturated rings. The lowest BCUT2D eigenvalue weighted by molar-refractivity contribution is 0.436. The van der Waals surface area contributed by atoms with E-state index in [0.717, 1.165) is 36.2 Å². The van der Waals surface area contributed by atoms with Crippen LogP contribution in [0.5, 0.6) is 0 Å². The van der Waals surface area contributed by atoms with E-state index >= 15 is 0 Å². The molecule has 0 aliphatic carbocycles. The van der Waals surface area contributed by atoms with Gasteiger partial charge in [-0.3, -0.25) is 4.40 Å². The molecule has 2 aromatic heterocycles. The Bertz CT molecular complexity index is 549. The van der Waals surface area contributed by atoms with Crippen LogP contribution in [0.1, 0.15) is 32.4 Å². The summed E-state index contributed by atoms with van der Waals surface area (Å²) in [6.45, 7) is 6.65. The first-order valence-electron chi connectivity index (χ1n) is 7.10. The lowest BCUT2D eigenvalue weighted by Crippen LogP contribution is -2.34. The molecule has 1 unspecified atom stereocenters. The summed E-state index contributed by atoms with van der Waals surface area (Å²) in [5.41, 5.74) is 7.29. The van der Waals surface area contributed by atoms with E-state index in [2.05, 4.69) is 34.7 Å². The summed E-state index contributed by atoms with van der Waals surface area (Å²) in [7, 11) is 0. The van der Waals surface area contributed by atoms with Crippen molar-refractivity contribution in [1.82, 2.24) is 9.38 Å². The zero-order chi connectivity index (χ0) is 13.4. The van der Waals surface area contributed by atoms with Crippen molar-refractivity contribution in [3.63, 3.8) is 0 Å². The summed E-state index contributed by atoms with van der Waals surface area (Å²) < 4.78 is 2.21. The van der Waals surface area contributed by atoms with Gasteiger partial charge in [0.2, 0.25) is 0 Å². The number of rotatable bonds is 3. The van der Waals surface area contributed by atoms with Gasteiger partial charge in [-0.05, 0) is 25.7 Å². The largest absolute Gasteiger partial charge is 0.355 e. The zero-order valence-corrected chi connectivity index (χ0v) is 12.5. The van der Waals surface area contributed by atoms with Gasteiger partial charge in [-0.15, -0.1) is 11.3 Å². The average Bonchev–Trinajstić information content (AvgIpc) is 2.93. The molecule has 2 N–H and O–H groups in total. The standard InChI is InChI=1S/C14H22N4S/c1-10-3-5-17(6-4-10)13-12(9-11(2)15)18-7-8-19-14(18)16-13/h7-8,10-11H,3-6,9,15H2,1-2H3. The molecule has 0 radical (unpaired) electrons. The predicted molar refractivity (Wildman–Crippen MR) is 81.0 cm³/mol. The normalized spacial score (nSPS) is 19.2. The molecule has 1 aliphatic heterocycles. The van der Waals surface area contributed by atoms with Crippen LogP contribution in [0.25, 0.3) is 4.96 Å². The van der Waals surface area contributed by atoms with Crippen molar-refractivity contribution in [2.45, 2.75) is 39.2 Å². The number of hydrogen-bond donors (Lipinski definition) is 1. The SMILES string of the molecule is CC(N)Cc1c(N2CCC(C)CC2)nc2sccn12. The van der Waals surface area contributed by atoms with Gasteiger partial charge >= 0.3 is 0 Å². The Kier molecular flexibility index (Phi) is 3.50. The van der Waals surface area contributed by atoms with E-state index in [4.69, 9.17) is 10.7 Å². The van der Waals surface area contributed by atoms with Crippen LogP contribution in [0.2, 0.25) is 0 Å². The second-order valence-corrected chi connectivity index (χ2v) is 6.66. The highest BCUT2D eigenvalue weighted by Crippen LogP contribution is 2.29. The van der Waals surface area contributed by atoms with Gasteiger partial charge in [-0.1, -0.05) is 6.92 Å². The maximum absolute atomic E-state index is 6.01. The maximum atomic E-state index is 6.01. The van der Waals surface area contributed by atoms with E-state index in [1.54, 1.807) is 11.3 Å². The Hall–Kier alpha value is -1.07. The summed E-state index contributed by atoms with van der Waals surface area (Å²) in [6, 6.07) is 0.169. The van der Waals surface area contributed by atoms with Gasteiger partial charge in [0, 0.05) is 37.1 Å². The number of anilines is 1. The molecule has 2 aromatic rings. The number of imidazole rings is 1. The third-order valence-corrected chi connectivity index (χ3v) is 4.70. The molecule has 0 aromatic carbocycles.